The minimum Gasteiger partial charge on any atom is -0.450 e. The number of hydrogen-bond donors (Lipinski definition) is 2. The second kappa shape index (κ2) is 8.09. The van der Waals surface area contributed by atoms with Gasteiger partial charge in [0.15, 0.2) is 0 Å². The van der Waals surface area contributed by atoms with E-state index in [1.54, 1.807) is 25.1 Å². The summed E-state index contributed by atoms with van der Waals surface area (Å²) in [6, 6.07) is 4.98. The first-order chi connectivity index (χ1) is 9.43. The van der Waals surface area contributed by atoms with Gasteiger partial charge in [-0.3, -0.25) is 10.1 Å². The number of hydrogen-bond acceptors (Lipinski definition) is 4. The molecule has 0 saturated carbocycles. The SMILES string of the molecule is CCOC(=O)NC(=O)CN[C@@H](C)c1ccc(Cl)cc1Cl. The Kier molecular flexibility index (Phi) is 6.78. The van der Waals surface area contributed by atoms with E-state index in [1.807, 2.05) is 6.92 Å². The number of alkyl carbamates (subject to hydrolysis) is 1. The third kappa shape index (κ3) is 5.36. The summed E-state index contributed by atoms with van der Waals surface area (Å²) >= 11 is 11.9. The molecule has 0 saturated heterocycles. The normalized spacial score (nSPS) is 11.8. The topological polar surface area (TPSA) is 67.4 Å². The summed E-state index contributed by atoms with van der Waals surface area (Å²) in [6.45, 7) is 3.70. The summed E-state index contributed by atoms with van der Waals surface area (Å²) < 4.78 is 4.60. The van der Waals surface area contributed by atoms with E-state index in [4.69, 9.17) is 23.2 Å². The molecule has 0 aliphatic carbocycles. The molecular weight excluding hydrogens is 303 g/mol. The lowest BCUT2D eigenvalue weighted by Crippen LogP contribution is -2.38. The lowest BCUT2D eigenvalue weighted by Gasteiger charge is -2.15. The maximum absolute atomic E-state index is 11.5. The van der Waals surface area contributed by atoms with Gasteiger partial charge in [0.25, 0.3) is 0 Å². The zero-order chi connectivity index (χ0) is 15.1. The standard InChI is InChI=1S/C13H16Cl2N2O3/c1-3-20-13(19)17-12(18)7-16-8(2)10-5-4-9(14)6-11(10)15/h4-6,8,16H,3,7H2,1-2H3,(H,17,18,19)/t8-/m0/s1. The molecule has 0 aliphatic heterocycles. The van der Waals surface area contributed by atoms with Crippen LogP contribution < -0.4 is 10.6 Å². The van der Waals surface area contributed by atoms with Crippen LogP contribution >= 0.6 is 23.2 Å². The van der Waals surface area contributed by atoms with Crippen molar-refractivity contribution in [1.82, 2.24) is 10.6 Å². The molecule has 0 spiro atoms. The third-order valence-corrected chi connectivity index (χ3v) is 3.08. The number of carbonyl (C=O) groups excluding carboxylic acids is 2. The molecule has 0 aromatic heterocycles. The first-order valence-electron chi connectivity index (χ1n) is 6.09. The fraction of sp³-hybridized carbons (Fsp3) is 0.385. The molecule has 0 bridgehead atoms. The molecule has 2 amide bonds. The Bertz CT molecular complexity index is 495. The smallest absolute Gasteiger partial charge is 0.413 e. The maximum Gasteiger partial charge on any atom is 0.413 e. The fourth-order valence-electron chi connectivity index (χ4n) is 1.53. The van der Waals surface area contributed by atoms with Gasteiger partial charge in [0, 0.05) is 16.1 Å². The second-order valence-electron chi connectivity index (χ2n) is 4.04. The Morgan fingerprint density at radius 2 is 2.05 bits per heavy atom. The van der Waals surface area contributed by atoms with Crippen molar-refractivity contribution >= 4 is 35.2 Å². The molecule has 7 heteroatoms. The number of amides is 2. The first kappa shape index (κ1) is 16.8. The van der Waals surface area contributed by atoms with Crippen molar-refractivity contribution in [2.24, 2.45) is 0 Å². The molecule has 2 N–H and O–H groups in total. The van der Waals surface area contributed by atoms with Gasteiger partial charge in [-0.2, -0.15) is 0 Å². The molecule has 1 rings (SSSR count). The minimum atomic E-state index is -0.753. The van der Waals surface area contributed by atoms with Crippen LogP contribution in [0.2, 0.25) is 10.0 Å². The molecule has 0 radical (unpaired) electrons. The maximum atomic E-state index is 11.5. The van der Waals surface area contributed by atoms with E-state index in [2.05, 4.69) is 15.4 Å². The van der Waals surface area contributed by atoms with Gasteiger partial charge >= 0.3 is 6.09 Å². The van der Waals surface area contributed by atoms with Gasteiger partial charge < -0.3 is 10.1 Å². The minimum absolute atomic E-state index is 0.0288. The highest BCUT2D eigenvalue weighted by atomic mass is 35.5. The molecule has 0 fully saturated rings. The molecule has 1 atom stereocenters. The molecule has 0 heterocycles. The number of rotatable bonds is 5. The molecule has 0 aliphatic rings. The van der Waals surface area contributed by atoms with Crippen LogP contribution in [0.3, 0.4) is 0 Å². The summed E-state index contributed by atoms with van der Waals surface area (Å²) in [7, 11) is 0. The van der Waals surface area contributed by atoms with Crippen molar-refractivity contribution in [2.45, 2.75) is 19.9 Å². The summed E-state index contributed by atoms with van der Waals surface area (Å²) in [5.74, 6) is -0.472. The summed E-state index contributed by atoms with van der Waals surface area (Å²) in [5.41, 5.74) is 0.819. The summed E-state index contributed by atoms with van der Waals surface area (Å²) in [5, 5.41) is 6.12. The Hall–Kier alpha value is -1.30. The zero-order valence-corrected chi connectivity index (χ0v) is 12.7. The van der Waals surface area contributed by atoms with Gasteiger partial charge in [-0.1, -0.05) is 29.3 Å². The van der Waals surface area contributed by atoms with Crippen molar-refractivity contribution in [1.29, 1.82) is 0 Å². The molecule has 1 aromatic carbocycles. The van der Waals surface area contributed by atoms with Crippen LogP contribution in [0.25, 0.3) is 0 Å². The highest BCUT2D eigenvalue weighted by Gasteiger charge is 2.13. The fourth-order valence-corrected chi connectivity index (χ4v) is 2.11. The monoisotopic (exact) mass is 318 g/mol. The van der Waals surface area contributed by atoms with Gasteiger partial charge in [-0.25, -0.2) is 4.79 Å². The van der Waals surface area contributed by atoms with Crippen LogP contribution in [0, 0.1) is 0 Å². The predicted octanol–water partition coefficient (Wildman–Crippen LogP) is 2.92. The van der Waals surface area contributed by atoms with E-state index in [0.29, 0.717) is 10.0 Å². The number of ether oxygens (including phenoxy) is 1. The molecular formula is C13H16Cl2N2O3. The number of benzene rings is 1. The van der Waals surface area contributed by atoms with Gasteiger partial charge in [-0.15, -0.1) is 0 Å². The second-order valence-corrected chi connectivity index (χ2v) is 4.88. The number of imide groups is 1. The number of halogens is 2. The largest absolute Gasteiger partial charge is 0.450 e. The van der Waals surface area contributed by atoms with Crippen molar-refractivity contribution in [3.63, 3.8) is 0 Å². The van der Waals surface area contributed by atoms with Crippen LogP contribution in [0.4, 0.5) is 4.79 Å². The van der Waals surface area contributed by atoms with Crippen LogP contribution in [-0.2, 0) is 9.53 Å². The van der Waals surface area contributed by atoms with E-state index >= 15 is 0 Å². The van der Waals surface area contributed by atoms with Gasteiger partial charge in [0.2, 0.25) is 5.91 Å². The molecule has 110 valence electrons. The molecule has 1 aromatic rings. The van der Waals surface area contributed by atoms with Crippen molar-refractivity contribution in [3.8, 4) is 0 Å². The Balaban J connectivity index is 2.48. The van der Waals surface area contributed by atoms with Crippen LogP contribution in [0.5, 0.6) is 0 Å². The van der Waals surface area contributed by atoms with E-state index in [0.717, 1.165) is 5.56 Å². The predicted molar refractivity (Wildman–Crippen MR) is 78.0 cm³/mol. The summed E-state index contributed by atoms with van der Waals surface area (Å²) in [6.07, 6.45) is -0.753. The summed E-state index contributed by atoms with van der Waals surface area (Å²) in [4.78, 5) is 22.5. The zero-order valence-electron chi connectivity index (χ0n) is 11.2. The van der Waals surface area contributed by atoms with Crippen LogP contribution in [0.1, 0.15) is 25.5 Å². The highest BCUT2D eigenvalue weighted by molar-refractivity contribution is 6.35. The van der Waals surface area contributed by atoms with Crippen LogP contribution in [0.15, 0.2) is 18.2 Å². The quantitative estimate of drug-likeness (QED) is 0.876. The Morgan fingerprint density at radius 1 is 1.35 bits per heavy atom. The first-order valence-corrected chi connectivity index (χ1v) is 6.84. The lowest BCUT2D eigenvalue weighted by atomic mass is 10.1. The number of carbonyl (C=O) groups is 2. The average Bonchev–Trinajstić information content (AvgIpc) is 2.36. The molecule has 20 heavy (non-hydrogen) atoms. The van der Waals surface area contributed by atoms with Gasteiger partial charge in [-0.05, 0) is 31.5 Å². The molecule has 5 nitrogen and oxygen atoms in total. The van der Waals surface area contributed by atoms with Gasteiger partial charge in [0.05, 0.1) is 13.2 Å². The van der Waals surface area contributed by atoms with Crippen molar-refractivity contribution < 1.29 is 14.3 Å². The number of nitrogens with one attached hydrogen (secondary N) is 2. The van der Waals surface area contributed by atoms with E-state index < -0.39 is 12.0 Å². The average molecular weight is 319 g/mol. The van der Waals surface area contributed by atoms with E-state index in [9.17, 15) is 9.59 Å². The lowest BCUT2D eigenvalue weighted by molar-refractivity contribution is -0.119. The molecule has 0 unspecified atom stereocenters. The van der Waals surface area contributed by atoms with Crippen molar-refractivity contribution in [2.75, 3.05) is 13.2 Å². The van der Waals surface area contributed by atoms with Crippen LogP contribution in [-0.4, -0.2) is 25.2 Å². The van der Waals surface area contributed by atoms with Crippen molar-refractivity contribution in [3.05, 3.63) is 33.8 Å². The Labute approximate surface area is 127 Å². The van der Waals surface area contributed by atoms with E-state index in [1.165, 1.54) is 0 Å². The highest BCUT2D eigenvalue weighted by Crippen LogP contribution is 2.25. The van der Waals surface area contributed by atoms with Gasteiger partial charge in [0.1, 0.15) is 0 Å². The Morgan fingerprint density at radius 3 is 2.65 bits per heavy atom. The van der Waals surface area contributed by atoms with E-state index in [-0.39, 0.29) is 19.2 Å². The third-order valence-electron chi connectivity index (χ3n) is 2.51.